The summed E-state index contributed by atoms with van der Waals surface area (Å²) in [5.41, 5.74) is 5.49. The van der Waals surface area contributed by atoms with E-state index in [-0.39, 0.29) is 18.6 Å². The molecule has 1 unspecified atom stereocenters. The third-order valence-electron chi connectivity index (χ3n) is 2.28. The molecule has 1 rings (SSSR count). The van der Waals surface area contributed by atoms with Gasteiger partial charge >= 0.3 is 6.01 Å². The third-order valence-corrected chi connectivity index (χ3v) is 2.28. The highest BCUT2D eigenvalue weighted by Gasteiger charge is 2.04. The molecule has 0 aliphatic carbocycles. The van der Waals surface area contributed by atoms with Crippen molar-refractivity contribution in [3.8, 4) is 6.01 Å². The molecule has 0 bridgehead atoms. The lowest BCUT2D eigenvalue weighted by Gasteiger charge is -2.08. The van der Waals surface area contributed by atoms with Gasteiger partial charge in [-0.25, -0.2) is 0 Å². The van der Waals surface area contributed by atoms with Crippen molar-refractivity contribution < 1.29 is 9.84 Å². The van der Waals surface area contributed by atoms with Crippen molar-refractivity contribution in [1.29, 1.82) is 0 Å². The number of nitrogens with two attached hydrogens (primary N) is 1. The van der Waals surface area contributed by atoms with E-state index < -0.39 is 0 Å². The molecule has 17 heavy (non-hydrogen) atoms. The molecule has 0 spiro atoms. The highest BCUT2D eigenvalue weighted by Crippen LogP contribution is 2.09. The Balaban J connectivity index is 2.38. The fourth-order valence-corrected chi connectivity index (χ4v) is 1.28. The van der Waals surface area contributed by atoms with Crippen LogP contribution in [0, 0.1) is 5.92 Å². The summed E-state index contributed by atoms with van der Waals surface area (Å²) in [5, 5.41) is 11.9. The number of methoxy groups -OCH3 is 1. The van der Waals surface area contributed by atoms with Crippen LogP contribution >= 0.6 is 0 Å². The lowest BCUT2D eigenvalue weighted by Crippen LogP contribution is -2.11. The number of nitrogens with zero attached hydrogens (tertiary/aromatic N) is 3. The molecule has 0 aromatic carbocycles. The smallest absolute Gasteiger partial charge is 0.322 e. The van der Waals surface area contributed by atoms with Crippen molar-refractivity contribution >= 4 is 11.9 Å². The Morgan fingerprint density at radius 2 is 2.18 bits per heavy atom. The highest BCUT2D eigenvalue weighted by molar-refractivity contribution is 5.32. The Hall–Kier alpha value is -1.63. The molecule has 4 N–H and O–H groups in total. The summed E-state index contributed by atoms with van der Waals surface area (Å²) in [6.07, 6.45) is 1.87. The minimum Gasteiger partial charge on any atom is -0.467 e. The molecule has 1 atom stereocenters. The minimum atomic E-state index is 0.128. The molecule has 0 amide bonds. The number of hydrogen-bond donors (Lipinski definition) is 3. The summed E-state index contributed by atoms with van der Waals surface area (Å²) in [5.74, 6) is 0.851. The number of anilines is 2. The Labute approximate surface area is 100 Å². The van der Waals surface area contributed by atoms with E-state index in [1.807, 2.05) is 6.92 Å². The van der Waals surface area contributed by atoms with E-state index in [0.717, 1.165) is 19.4 Å². The Kier molecular flexibility index (Phi) is 5.41. The zero-order valence-corrected chi connectivity index (χ0v) is 10.2. The average Bonchev–Trinajstić information content (AvgIpc) is 2.33. The highest BCUT2D eigenvalue weighted by atomic mass is 16.5. The maximum absolute atomic E-state index is 8.87. The van der Waals surface area contributed by atoms with Gasteiger partial charge in [0.25, 0.3) is 0 Å². The number of rotatable bonds is 7. The van der Waals surface area contributed by atoms with Gasteiger partial charge in [-0.3, -0.25) is 0 Å². The molecule has 96 valence electrons. The van der Waals surface area contributed by atoms with E-state index in [1.54, 1.807) is 0 Å². The van der Waals surface area contributed by atoms with Crippen molar-refractivity contribution in [2.45, 2.75) is 19.8 Å². The van der Waals surface area contributed by atoms with E-state index in [1.165, 1.54) is 7.11 Å². The van der Waals surface area contributed by atoms with Crippen LogP contribution in [0.3, 0.4) is 0 Å². The van der Waals surface area contributed by atoms with Crippen molar-refractivity contribution in [3.63, 3.8) is 0 Å². The fourth-order valence-electron chi connectivity index (χ4n) is 1.28. The van der Waals surface area contributed by atoms with Gasteiger partial charge in [0.2, 0.25) is 11.9 Å². The number of aliphatic hydroxyl groups excluding tert-OH is 1. The molecule has 0 radical (unpaired) electrons. The van der Waals surface area contributed by atoms with Gasteiger partial charge in [0, 0.05) is 13.2 Å². The zero-order chi connectivity index (χ0) is 12.7. The third kappa shape index (κ3) is 4.81. The molecular weight excluding hydrogens is 222 g/mol. The minimum absolute atomic E-state index is 0.128. The summed E-state index contributed by atoms with van der Waals surface area (Å²) >= 11 is 0. The topological polar surface area (TPSA) is 106 Å². The molecule has 0 saturated heterocycles. The normalized spacial score (nSPS) is 12.2. The lowest BCUT2D eigenvalue weighted by molar-refractivity contribution is 0.229. The van der Waals surface area contributed by atoms with Gasteiger partial charge in [0.15, 0.2) is 0 Å². The second-order valence-electron chi connectivity index (χ2n) is 3.86. The number of aromatic nitrogens is 3. The van der Waals surface area contributed by atoms with E-state index in [9.17, 15) is 0 Å². The van der Waals surface area contributed by atoms with Crippen LogP contribution in [0.1, 0.15) is 19.8 Å². The van der Waals surface area contributed by atoms with Crippen molar-refractivity contribution in [2.24, 2.45) is 5.92 Å². The first-order valence-corrected chi connectivity index (χ1v) is 5.56. The fraction of sp³-hybridized carbons (Fsp3) is 0.700. The van der Waals surface area contributed by atoms with Gasteiger partial charge in [-0.05, 0) is 18.8 Å². The molecule has 1 aromatic heterocycles. The van der Waals surface area contributed by atoms with Crippen molar-refractivity contribution in [1.82, 2.24) is 15.0 Å². The summed E-state index contributed by atoms with van der Waals surface area (Å²) < 4.78 is 4.88. The second-order valence-corrected chi connectivity index (χ2v) is 3.86. The van der Waals surface area contributed by atoms with Gasteiger partial charge in [-0.1, -0.05) is 6.92 Å². The largest absolute Gasteiger partial charge is 0.467 e. The van der Waals surface area contributed by atoms with E-state index >= 15 is 0 Å². The first-order chi connectivity index (χ1) is 8.15. The number of ether oxygens (including phenoxy) is 1. The monoisotopic (exact) mass is 241 g/mol. The molecule has 0 fully saturated rings. The van der Waals surface area contributed by atoms with Crippen LogP contribution in [-0.4, -0.2) is 40.3 Å². The Morgan fingerprint density at radius 3 is 2.82 bits per heavy atom. The lowest BCUT2D eigenvalue weighted by atomic mass is 10.1. The number of hydrogen-bond acceptors (Lipinski definition) is 7. The first kappa shape index (κ1) is 13.4. The van der Waals surface area contributed by atoms with Crippen LogP contribution in [0.5, 0.6) is 6.01 Å². The predicted molar refractivity (Wildman–Crippen MR) is 64.8 cm³/mol. The maximum atomic E-state index is 8.87. The molecule has 0 aliphatic heterocycles. The summed E-state index contributed by atoms with van der Waals surface area (Å²) in [7, 11) is 1.47. The SMILES string of the molecule is COc1nc(N)nc(NCCCC(C)CO)n1. The van der Waals surface area contributed by atoms with E-state index in [0.29, 0.717) is 11.9 Å². The van der Waals surface area contributed by atoms with Crippen LogP contribution in [0.2, 0.25) is 0 Å². The van der Waals surface area contributed by atoms with Crippen LogP contribution in [0.25, 0.3) is 0 Å². The number of nitrogens with one attached hydrogen (secondary N) is 1. The maximum Gasteiger partial charge on any atom is 0.322 e. The van der Waals surface area contributed by atoms with Gasteiger partial charge in [0.1, 0.15) is 0 Å². The average molecular weight is 241 g/mol. The summed E-state index contributed by atoms with van der Waals surface area (Å²) in [6.45, 7) is 2.94. The molecule has 1 aromatic rings. The van der Waals surface area contributed by atoms with Gasteiger partial charge in [-0.15, -0.1) is 0 Å². The van der Waals surface area contributed by atoms with Crippen LogP contribution in [0.4, 0.5) is 11.9 Å². The van der Waals surface area contributed by atoms with Crippen molar-refractivity contribution in [2.75, 3.05) is 31.3 Å². The van der Waals surface area contributed by atoms with Crippen LogP contribution < -0.4 is 15.8 Å². The van der Waals surface area contributed by atoms with Gasteiger partial charge in [-0.2, -0.15) is 15.0 Å². The molecule has 1 heterocycles. The van der Waals surface area contributed by atoms with Crippen LogP contribution in [-0.2, 0) is 0 Å². The van der Waals surface area contributed by atoms with E-state index in [2.05, 4.69) is 20.3 Å². The van der Waals surface area contributed by atoms with E-state index in [4.69, 9.17) is 15.6 Å². The molecular formula is C10H19N5O2. The Bertz CT molecular complexity index is 347. The standard InChI is InChI=1S/C10H19N5O2/c1-7(6-16)4-3-5-12-9-13-8(11)14-10(15-9)17-2/h7,16H,3-6H2,1-2H3,(H3,11,12,13,14,15). The molecule has 0 saturated carbocycles. The predicted octanol–water partition coefficient (Wildman–Crippen LogP) is 0.283. The first-order valence-electron chi connectivity index (χ1n) is 5.56. The molecule has 7 nitrogen and oxygen atoms in total. The molecule has 7 heteroatoms. The second kappa shape index (κ2) is 6.85. The Morgan fingerprint density at radius 1 is 1.41 bits per heavy atom. The summed E-state index contributed by atoms with van der Waals surface area (Å²) in [6, 6.07) is 0.198. The summed E-state index contributed by atoms with van der Waals surface area (Å²) in [4.78, 5) is 11.7. The van der Waals surface area contributed by atoms with Gasteiger partial charge in [0.05, 0.1) is 7.11 Å². The van der Waals surface area contributed by atoms with Crippen molar-refractivity contribution in [3.05, 3.63) is 0 Å². The quantitative estimate of drug-likeness (QED) is 0.589. The number of aliphatic hydroxyl groups is 1. The van der Waals surface area contributed by atoms with Crippen LogP contribution in [0.15, 0.2) is 0 Å². The molecule has 0 aliphatic rings. The number of nitrogen functional groups attached to an aromatic ring is 1. The zero-order valence-electron chi connectivity index (χ0n) is 10.2. The van der Waals surface area contributed by atoms with Gasteiger partial charge < -0.3 is 20.9 Å².